The van der Waals surface area contributed by atoms with Crippen LogP contribution in [0.1, 0.15) is 12.0 Å². The van der Waals surface area contributed by atoms with Crippen molar-refractivity contribution < 1.29 is 5.11 Å². The highest BCUT2D eigenvalue weighted by atomic mass is 35.5. The Morgan fingerprint density at radius 1 is 1.40 bits per heavy atom. The lowest BCUT2D eigenvalue weighted by Crippen LogP contribution is -2.23. The fraction of sp³-hybridized carbons (Fsp3) is 0.333. The number of hydrogen-bond acceptors (Lipinski definition) is 2. The minimum Gasteiger partial charge on any atom is -0.506 e. The lowest BCUT2D eigenvalue weighted by molar-refractivity contribution is 0.370. The number of rotatable bonds is 1. The van der Waals surface area contributed by atoms with Crippen molar-refractivity contribution in [3.63, 3.8) is 0 Å². The first-order chi connectivity index (χ1) is 7.18. The molecule has 80 valence electrons. The molecule has 2 nitrogen and oxygen atoms in total. The molecule has 1 heterocycles. The van der Waals surface area contributed by atoms with Gasteiger partial charge in [-0.15, -0.1) is 0 Å². The van der Waals surface area contributed by atoms with Crippen LogP contribution in [0.2, 0.25) is 5.02 Å². The van der Waals surface area contributed by atoms with E-state index in [-0.39, 0.29) is 5.75 Å². The summed E-state index contributed by atoms with van der Waals surface area (Å²) in [6, 6.07) is 5.40. The molecule has 0 atom stereocenters. The molecule has 2 rings (SSSR count). The predicted octanol–water partition coefficient (Wildman–Crippen LogP) is 2.76. The first-order valence-corrected chi connectivity index (χ1v) is 5.41. The zero-order valence-electron chi connectivity index (χ0n) is 8.70. The predicted molar refractivity (Wildman–Crippen MR) is 63.2 cm³/mol. The Bertz CT molecular complexity index is 401. The van der Waals surface area contributed by atoms with Crippen LogP contribution in [0.3, 0.4) is 0 Å². The van der Waals surface area contributed by atoms with E-state index >= 15 is 0 Å². The van der Waals surface area contributed by atoms with Crippen molar-refractivity contribution in [3.8, 4) is 5.75 Å². The normalized spacial score (nSPS) is 17.6. The summed E-state index contributed by atoms with van der Waals surface area (Å²) in [6.45, 7) is 1.99. The number of likely N-dealkylation sites (N-methyl/N-ethyl adjacent to an activating group) is 1. The van der Waals surface area contributed by atoms with E-state index in [2.05, 4.69) is 18.0 Å². The molecule has 1 aliphatic heterocycles. The Kier molecular flexibility index (Phi) is 2.98. The molecule has 0 spiro atoms. The van der Waals surface area contributed by atoms with Gasteiger partial charge in [-0.2, -0.15) is 0 Å². The van der Waals surface area contributed by atoms with Gasteiger partial charge >= 0.3 is 0 Å². The van der Waals surface area contributed by atoms with Crippen LogP contribution in [0, 0.1) is 0 Å². The standard InChI is InChI=1S/C12H14ClNO/c1-14-7-5-9(6-8-14)10-3-2-4-11(15)12(10)13/h2-5,15H,6-8H2,1H3. The first kappa shape index (κ1) is 10.5. The van der Waals surface area contributed by atoms with Crippen molar-refractivity contribution in [2.45, 2.75) is 6.42 Å². The van der Waals surface area contributed by atoms with Crippen LogP contribution in [0.5, 0.6) is 5.75 Å². The molecule has 0 saturated carbocycles. The summed E-state index contributed by atoms with van der Waals surface area (Å²) in [5.74, 6) is 0.161. The summed E-state index contributed by atoms with van der Waals surface area (Å²) < 4.78 is 0. The van der Waals surface area contributed by atoms with Gasteiger partial charge in [0.05, 0.1) is 5.02 Å². The molecule has 1 aromatic rings. The fourth-order valence-electron chi connectivity index (χ4n) is 1.78. The van der Waals surface area contributed by atoms with E-state index in [4.69, 9.17) is 11.6 Å². The molecule has 3 heteroatoms. The number of hydrogen-bond donors (Lipinski definition) is 1. The number of nitrogens with zero attached hydrogens (tertiary/aromatic N) is 1. The van der Waals surface area contributed by atoms with Gasteiger partial charge in [0, 0.05) is 13.1 Å². The maximum atomic E-state index is 9.51. The Balaban J connectivity index is 2.34. The molecular formula is C12H14ClNO. The summed E-state index contributed by atoms with van der Waals surface area (Å²) >= 11 is 6.06. The third kappa shape index (κ3) is 2.16. The van der Waals surface area contributed by atoms with Gasteiger partial charge in [0.25, 0.3) is 0 Å². The van der Waals surface area contributed by atoms with Gasteiger partial charge in [-0.1, -0.05) is 29.8 Å². The quantitative estimate of drug-likeness (QED) is 0.792. The van der Waals surface area contributed by atoms with Gasteiger partial charge in [-0.05, 0) is 30.7 Å². The smallest absolute Gasteiger partial charge is 0.134 e. The number of benzene rings is 1. The lowest BCUT2D eigenvalue weighted by Gasteiger charge is -2.22. The Morgan fingerprint density at radius 3 is 2.87 bits per heavy atom. The molecule has 15 heavy (non-hydrogen) atoms. The lowest BCUT2D eigenvalue weighted by atomic mass is 9.99. The van der Waals surface area contributed by atoms with Crippen LogP contribution >= 0.6 is 11.6 Å². The summed E-state index contributed by atoms with van der Waals surface area (Å²) in [7, 11) is 2.09. The van der Waals surface area contributed by atoms with Crippen LogP contribution in [0.15, 0.2) is 24.3 Å². The fourth-order valence-corrected chi connectivity index (χ4v) is 2.03. The molecular weight excluding hydrogens is 210 g/mol. The molecule has 1 aromatic carbocycles. The molecule has 1 N–H and O–H groups in total. The first-order valence-electron chi connectivity index (χ1n) is 5.04. The highest BCUT2D eigenvalue weighted by Crippen LogP contribution is 2.33. The molecule has 0 aromatic heterocycles. The molecule has 0 aliphatic carbocycles. The molecule has 0 radical (unpaired) electrons. The van der Waals surface area contributed by atoms with Crippen LogP contribution in [-0.2, 0) is 0 Å². The third-order valence-corrected chi connectivity index (χ3v) is 3.13. The second kappa shape index (κ2) is 4.25. The van der Waals surface area contributed by atoms with E-state index in [1.807, 2.05) is 12.1 Å². The zero-order valence-corrected chi connectivity index (χ0v) is 9.46. The number of aromatic hydroxyl groups is 1. The van der Waals surface area contributed by atoms with Crippen LogP contribution in [0.4, 0.5) is 0 Å². The monoisotopic (exact) mass is 223 g/mol. The average Bonchev–Trinajstić information content (AvgIpc) is 2.24. The number of halogens is 1. The van der Waals surface area contributed by atoms with Crippen molar-refractivity contribution in [1.82, 2.24) is 4.90 Å². The van der Waals surface area contributed by atoms with E-state index in [1.165, 1.54) is 5.57 Å². The minimum absolute atomic E-state index is 0.161. The average molecular weight is 224 g/mol. The molecule has 0 amide bonds. The highest BCUT2D eigenvalue weighted by molar-refractivity contribution is 6.33. The molecule has 0 unspecified atom stereocenters. The Morgan fingerprint density at radius 2 is 2.20 bits per heavy atom. The topological polar surface area (TPSA) is 23.5 Å². The minimum atomic E-state index is 0.161. The zero-order chi connectivity index (χ0) is 10.8. The van der Waals surface area contributed by atoms with Crippen LogP contribution < -0.4 is 0 Å². The largest absolute Gasteiger partial charge is 0.506 e. The summed E-state index contributed by atoms with van der Waals surface area (Å²) in [6.07, 6.45) is 3.16. The summed E-state index contributed by atoms with van der Waals surface area (Å²) in [5.41, 5.74) is 2.19. The van der Waals surface area contributed by atoms with Gasteiger partial charge in [-0.3, -0.25) is 0 Å². The summed E-state index contributed by atoms with van der Waals surface area (Å²) in [4.78, 5) is 2.25. The van der Waals surface area contributed by atoms with E-state index in [1.54, 1.807) is 6.07 Å². The third-order valence-electron chi connectivity index (χ3n) is 2.74. The van der Waals surface area contributed by atoms with Gasteiger partial charge in [0.2, 0.25) is 0 Å². The summed E-state index contributed by atoms with van der Waals surface area (Å²) in [5, 5.41) is 9.98. The van der Waals surface area contributed by atoms with Crippen LogP contribution in [0.25, 0.3) is 5.57 Å². The maximum Gasteiger partial charge on any atom is 0.134 e. The maximum absolute atomic E-state index is 9.51. The van der Waals surface area contributed by atoms with E-state index in [0.717, 1.165) is 25.1 Å². The SMILES string of the molecule is CN1CC=C(c2cccc(O)c2Cl)CC1. The molecule has 1 aliphatic rings. The molecule has 0 fully saturated rings. The Hall–Kier alpha value is -0.990. The van der Waals surface area contributed by atoms with Crippen molar-refractivity contribution in [2.75, 3.05) is 20.1 Å². The highest BCUT2D eigenvalue weighted by Gasteiger charge is 2.13. The van der Waals surface area contributed by atoms with Crippen molar-refractivity contribution in [1.29, 1.82) is 0 Å². The second-order valence-corrected chi connectivity index (χ2v) is 4.26. The Labute approximate surface area is 94.8 Å². The van der Waals surface area contributed by atoms with E-state index < -0.39 is 0 Å². The van der Waals surface area contributed by atoms with E-state index in [0.29, 0.717) is 5.02 Å². The van der Waals surface area contributed by atoms with Crippen LogP contribution in [-0.4, -0.2) is 30.1 Å². The second-order valence-electron chi connectivity index (χ2n) is 3.88. The van der Waals surface area contributed by atoms with E-state index in [9.17, 15) is 5.11 Å². The van der Waals surface area contributed by atoms with Crippen molar-refractivity contribution in [2.24, 2.45) is 0 Å². The van der Waals surface area contributed by atoms with Gasteiger partial charge < -0.3 is 10.0 Å². The van der Waals surface area contributed by atoms with Crippen molar-refractivity contribution >= 4 is 17.2 Å². The number of phenolic OH excluding ortho intramolecular Hbond substituents is 1. The molecule has 0 saturated heterocycles. The van der Waals surface area contributed by atoms with Gasteiger partial charge in [0.1, 0.15) is 5.75 Å². The van der Waals surface area contributed by atoms with Gasteiger partial charge in [0.15, 0.2) is 0 Å². The van der Waals surface area contributed by atoms with Gasteiger partial charge in [-0.25, -0.2) is 0 Å². The number of phenols is 1. The van der Waals surface area contributed by atoms with Crippen molar-refractivity contribution in [3.05, 3.63) is 34.9 Å². The molecule has 0 bridgehead atoms.